The Bertz CT molecular complexity index is 1160. The maximum Gasteiger partial charge on any atom is 0.300 e. The lowest BCUT2D eigenvalue weighted by Crippen LogP contribution is -2.29. The fourth-order valence-electron chi connectivity index (χ4n) is 4.03. The van der Waals surface area contributed by atoms with Crippen LogP contribution >= 0.6 is 0 Å². The summed E-state index contributed by atoms with van der Waals surface area (Å²) in [5.41, 5.74) is 4.09. The molecule has 1 atom stereocenters. The highest BCUT2D eigenvalue weighted by Gasteiger charge is 2.47. The number of anilines is 1. The van der Waals surface area contributed by atoms with Crippen molar-refractivity contribution >= 4 is 23.1 Å². The second-order valence-corrected chi connectivity index (χ2v) is 8.25. The van der Waals surface area contributed by atoms with Gasteiger partial charge in [-0.3, -0.25) is 19.5 Å². The van der Waals surface area contributed by atoms with Crippen LogP contribution in [0.3, 0.4) is 0 Å². The van der Waals surface area contributed by atoms with E-state index < -0.39 is 17.7 Å². The lowest BCUT2D eigenvalue weighted by atomic mass is 9.95. The van der Waals surface area contributed by atoms with Crippen molar-refractivity contribution in [1.29, 1.82) is 0 Å². The minimum Gasteiger partial charge on any atom is -0.507 e. The zero-order chi connectivity index (χ0) is 22.8. The van der Waals surface area contributed by atoms with Gasteiger partial charge in [-0.15, -0.1) is 0 Å². The van der Waals surface area contributed by atoms with E-state index in [0.717, 1.165) is 17.5 Å². The monoisotopic (exact) mass is 426 g/mol. The number of pyridine rings is 1. The number of nitrogens with zero attached hydrogens (tertiary/aromatic N) is 2. The number of amides is 1. The van der Waals surface area contributed by atoms with Gasteiger partial charge in [-0.2, -0.15) is 0 Å². The zero-order valence-corrected chi connectivity index (χ0v) is 18.4. The maximum absolute atomic E-state index is 13.2. The SMILES string of the molecule is CCc1ccc(/C(O)=C2\C(=O)C(=O)N(c3ccc(C(C)C)cc3)C2c2cccnc2)cc1. The van der Waals surface area contributed by atoms with Crippen molar-refractivity contribution in [2.45, 2.75) is 39.2 Å². The van der Waals surface area contributed by atoms with Gasteiger partial charge >= 0.3 is 0 Å². The molecule has 1 N–H and O–H groups in total. The standard InChI is InChI=1S/C27H26N2O3/c1-4-18-7-9-20(10-8-18)25(30)23-24(21-6-5-15-28-16-21)29(27(32)26(23)31)22-13-11-19(12-14-22)17(2)3/h5-17,24,30H,4H2,1-3H3/b25-23+. The van der Waals surface area contributed by atoms with E-state index in [2.05, 4.69) is 18.8 Å². The average molecular weight is 427 g/mol. The van der Waals surface area contributed by atoms with Gasteiger partial charge in [0, 0.05) is 23.6 Å². The normalized spacial score (nSPS) is 17.9. The number of aryl methyl sites for hydroxylation is 1. The Labute approximate surface area is 188 Å². The van der Waals surface area contributed by atoms with E-state index >= 15 is 0 Å². The molecule has 2 aromatic carbocycles. The summed E-state index contributed by atoms with van der Waals surface area (Å²) in [6.07, 6.45) is 4.13. The Balaban J connectivity index is 1.87. The number of carbonyl (C=O) groups is 2. The first kappa shape index (κ1) is 21.5. The van der Waals surface area contributed by atoms with Crippen LogP contribution in [0.2, 0.25) is 0 Å². The Morgan fingerprint density at radius 2 is 1.72 bits per heavy atom. The Morgan fingerprint density at radius 1 is 1.03 bits per heavy atom. The van der Waals surface area contributed by atoms with E-state index in [0.29, 0.717) is 22.7 Å². The van der Waals surface area contributed by atoms with Gasteiger partial charge in [-0.05, 0) is 47.2 Å². The Morgan fingerprint density at radius 3 is 2.28 bits per heavy atom. The second kappa shape index (κ2) is 8.79. The molecule has 1 aliphatic heterocycles. The molecule has 0 spiro atoms. The van der Waals surface area contributed by atoms with Crippen LogP contribution in [0.5, 0.6) is 0 Å². The van der Waals surface area contributed by atoms with Crippen molar-refractivity contribution in [3.8, 4) is 0 Å². The molecule has 1 fully saturated rings. The molecule has 1 amide bonds. The largest absolute Gasteiger partial charge is 0.507 e. The third-order valence-electron chi connectivity index (χ3n) is 5.92. The van der Waals surface area contributed by atoms with E-state index in [4.69, 9.17) is 0 Å². The lowest BCUT2D eigenvalue weighted by molar-refractivity contribution is -0.132. The van der Waals surface area contributed by atoms with Crippen molar-refractivity contribution in [2.75, 3.05) is 4.90 Å². The number of aromatic nitrogens is 1. The highest BCUT2D eigenvalue weighted by molar-refractivity contribution is 6.51. The first-order valence-corrected chi connectivity index (χ1v) is 10.8. The minimum atomic E-state index is -0.764. The van der Waals surface area contributed by atoms with Crippen molar-refractivity contribution < 1.29 is 14.7 Å². The molecule has 2 heterocycles. The third kappa shape index (κ3) is 3.82. The fraction of sp³-hybridized carbons (Fsp3) is 0.222. The van der Waals surface area contributed by atoms with Crippen molar-refractivity contribution in [2.24, 2.45) is 0 Å². The number of aliphatic hydroxyl groups excluding tert-OH is 1. The molecule has 5 heteroatoms. The molecule has 1 saturated heterocycles. The highest BCUT2D eigenvalue weighted by atomic mass is 16.3. The zero-order valence-electron chi connectivity index (χ0n) is 18.4. The first-order chi connectivity index (χ1) is 15.4. The number of aliphatic hydroxyl groups is 1. The number of hydrogen-bond acceptors (Lipinski definition) is 4. The molecule has 3 aromatic rings. The second-order valence-electron chi connectivity index (χ2n) is 8.25. The molecule has 1 aliphatic rings. The minimum absolute atomic E-state index is 0.0696. The molecule has 0 saturated carbocycles. The summed E-state index contributed by atoms with van der Waals surface area (Å²) in [4.78, 5) is 32.0. The Hall–Kier alpha value is -3.73. The molecule has 1 aromatic heterocycles. The van der Waals surface area contributed by atoms with Crippen LogP contribution in [-0.2, 0) is 16.0 Å². The highest BCUT2D eigenvalue weighted by Crippen LogP contribution is 2.42. The van der Waals surface area contributed by atoms with Crippen molar-refractivity contribution in [3.63, 3.8) is 0 Å². The number of carbonyl (C=O) groups excluding carboxylic acids is 2. The van der Waals surface area contributed by atoms with Gasteiger partial charge in [0.2, 0.25) is 0 Å². The topological polar surface area (TPSA) is 70.5 Å². The fourth-order valence-corrected chi connectivity index (χ4v) is 4.03. The maximum atomic E-state index is 13.2. The van der Waals surface area contributed by atoms with Crippen LogP contribution in [0.1, 0.15) is 55.0 Å². The lowest BCUT2D eigenvalue weighted by Gasteiger charge is -2.25. The number of Topliss-reactive ketones (excluding diaryl/α,β-unsaturated/α-hetero) is 1. The average Bonchev–Trinajstić information content (AvgIpc) is 3.09. The molecule has 4 rings (SSSR count). The van der Waals surface area contributed by atoms with Crippen molar-refractivity contribution in [3.05, 3.63) is 101 Å². The number of benzene rings is 2. The summed E-state index contributed by atoms with van der Waals surface area (Å²) in [6, 6.07) is 17.8. The predicted molar refractivity (Wildman–Crippen MR) is 125 cm³/mol. The molecular formula is C27H26N2O3. The van der Waals surface area contributed by atoms with Gasteiger partial charge in [0.25, 0.3) is 11.7 Å². The number of ketones is 1. The summed E-state index contributed by atoms with van der Waals surface area (Å²) < 4.78 is 0. The molecule has 32 heavy (non-hydrogen) atoms. The van der Waals surface area contributed by atoms with E-state index in [1.807, 2.05) is 49.4 Å². The molecule has 0 bridgehead atoms. The molecule has 0 radical (unpaired) electrons. The quantitative estimate of drug-likeness (QED) is 0.337. The van der Waals surface area contributed by atoms with E-state index in [1.165, 1.54) is 4.90 Å². The van der Waals surface area contributed by atoms with E-state index in [9.17, 15) is 14.7 Å². The van der Waals surface area contributed by atoms with Crippen molar-refractivity contribution in [1.82, 2.24) is 4.98 Å². The summed E-state index contributed by atoms with van der Waals surface area (Å²) in [5, 5.41) is 11.1. The van der Waals surface area contributed by atoms with Crippen LogP contribution in [0.15, 0.2) is 78.6 Å². The smallest absolute Gasteiger partial charge is 0.300 e. The number of rotatable bonds is 5. The van der Waals surface area contributed by atoms with Gasteiger partial charge in [-0.1, -0.05) is 63.2 Å². The predicted octanol–water partition coefficient (Wildman–Crippen LogP) is 5.39. The summed E-state index contributed by atoms with van der Waals surface area (Å²) >= 11 is 0. The summed E-state index contributed by atoms with van der Waals surface area (Å²) in [7, 11) is 0. The van der Waals surface area contributed by atoms with Crippen LogP contribution in [0.4, 0.5) is 5.69 Å². The molecule has 1 unspecified atom stereocenters. The number of hydrogen-bond donors (Lipinski definition) is 1. The van der Waals surface area contributed by atoms with Crippen LogP contribution < -0.4 is 4.90 Å². The molecule has 162 valence electrons. The molecular weight excluding hydrogens is 400 g/mol. The van der Waals surface area contributed by atoms with Crippen LogP contribution in [-0.4, -0.2) is 21.8 Å². The van der Waals surface area contributed by atoms with E-state index in [1.54, 1.807) is 30.6 Å². The van der Waals surface area contributed by atoms with Gasteiger partial charge in [0.05, 0.1) is 11.6 Å². The summed E-state index contributed by atoms with van der Waals surface area (Å²) in [5.74, 6) is -1.20. The molecule has 5 nitrogen and oxygen atoms in total. The van der Waals surface area contributed by atoms with Gasteiger partial charge in [-0.25, -0.2) is 0 Å². The van der Waals surface area contributed by atoms with E-state index in [-0.39, 0.29) is 11.3 Å². The van der Waals surface area contributed by atoms with Gasteiger partial charge < -0.3 is 5.11 Å². The third-order valence-corrected chi connectivity index (χ3v) is 5.92. The van der Waals surface area contributed by atoms with Crippen LogP contribution in [0.25, 0.3) is 5.76 Å². The van der Waals surface area contributed by atoms with Gasteiger partial charge in [0.15, 0.2) is 0 Å². The first-order valence-electron chi connectivity index (χ1n) is 10.8. The Kier molecular flexibility index (Phi) is 5.91. The molecule has 0 aliphatic carbocycles. The van der Waals surface area contributed by atoms with Gasteiger partial charge in [0.1, 0.15) is 5.76 Å². The summed E-state index contributed by atoms with van der Waals surface area (Å²) in [6.45, 7) is 6.24. The van der Waals surface area contributed by atoms with Crippen LogP contribution in [0, 0.1) is 0 Å².